The van der Waals surface area contributed by atoms with Crippen molar-refractivity contribution in [1.82, 2.24) is 16.0 Å². The highest BCUT2D eigenvalue weighted by Gasteiger charge is 2.19. The van der Waals surface area contributed by atoms with Crippen LogP contribution in [-0.4, -0.2) is 48.9 Å². The SMILES string of the molecule is CSCC[C@H](NCNC(=O)OC(C)(C)C)C(=O)NCC(C)C. The molecule has 130 valence electrons. The first kappa shape index (κ1) is 21.0. The molecule has 0 aliphatic heterocycles. The minimum Gasteiger partial charge on any atom is -0.444 e. The molecule has 0 aromatic heterocycles. The molecular formula is C15H31N3O3S. The van der Waals surface area contributed by atoms with Gasteiger partial charge in [0.05, 0.1) is 12.7 Å². The van der Waals surface area contributed by atoms with Crippen molar-refractivity contribution in [2.45, 2.75) is 52.7 Å². The molecule has 0 aliphatic carbocycles. The van der Waals surface area contributed by atoms with Crippen LogP contribution in [0.15, 0.2) is 0 Å². The Morgan fingerprint density at radius 3 is 2.32 bits per heavy atom. The minimum atomic E-state index is -0.531. The maximum Gasteiger partial charge on any atom is 0.408 e. The zero-order chi connectivity index (χ0) is 17.2. The van der Waals surface area contributed by atoms with Gasteiger partial charge in [0, 0.05) is 6.54 Å². The van der Waals surface area contributed by atoms with E-state index in [2.05, 4.69) is 29.8 Å². The molecular weight excluding hydrogens is 302 g/mol. The van der Waals surface area contributed by atoms with Crippen LogP contribution in [-0.2, 0) is 9.53 Å². The van der Waals surface area contributed by atoms with Crippen molar-refractivity contribution in [2.75, 3.05) is 25.2 Å². The van der Waals surface area contributed by atoms with E-state index in [1.165, 1.54) is 0 Å². The third-order valence-electron chi connectivity index (χ3n) is 2.59. The first-order valence-corrected chi connectivity index (χ1v) is 9.02. The van der Waals surface area contributed by atoms with Gasteiger partial charge in [-0.25, -0.2) is 4.79 Å². The Hall–Kier alpha value is -0.950. The normalized spacial score (nSPS) is 12.9. The number of alkyl carbamates (subject to hydrolysis) is 1. The van der Waals surface area contributed by atoms with Gasteiger partial charge < -0.3 is 15.4 Å². The van der Waals surface area contributed by atoms with Gasteiger partial charge in [-0.05, 0) is 45.1 Å². The first-order chi connectivity index (χ1) is 10.2. The van der Waals surface area contributed by atoms with E-state index in [4.69, 9.17) is 4.74 Å². The van der Waals surface area contributed by atoms with Crippen molar-refractivity contribution in [3.8, 4) is 0 Å². The Kier molecular flexibility index (Phi) is 10.3. The zero-order valence-electron chi connectivity index (χ0n) is 14.6. The van der Waals surface area contributed by atoms with Gasteiger partial charge in [-0.3, -0.25) is 10.1 Å². The molecule has 0 radical (unpaired) electrons. The lowest BCUT2D eigenvalue weighted by Crippen LogP contribution is -2.49. The maximum atomic E-state index is 12.1. The lowest BCUT2D eigenvalue weighted by atomic mass is 10.2. The molecule has 0 saturated carbocycles. The summed E-state index contributed by atoms with van der Waals surface area (Å²) in [5.74, 6) is 1.25. The third-order valence-corrected chi connectivity index (χ3v) is 3.24. The van der Waals surface area contributed by atoms with Gasteiger partial charge in [0.25, 0.3) is 0 Å². The fourth-order valence-corrected chi connectivity index (χ4v) is 2.02. The largest absolute Gasteiger partial charge is 0.444 e. The predicted molar refractivity (Wildman–Crippen MR) is 92.0 cm³/mol. The zero-order valence-corrected chi connectivity index (χ0v) is 15.4. The Balaban J connectivity index is 4.24. The van der Waals surface area contributed by atoms with E-state index in [0.717, 1.165) is 5.75 Å². The van der Waals surface area contributed by atoms with Crippen molar-refractivity contribution in [1.29, 1.82) is 0 Å². The minimum absolute atomic E-state index is 0.0336. The van der Waals surface area contributed by atoms with Crippen molar-refractivity contribution in [2.24, 2.45) is 5.92 Å². The van der Waals surface area contributed by atoms with Gasteiger partial charge in [-0.2, -0.15) is 11.8 Å². The van der Waals surface area contributed by atoms with Crippen molar-refractivity contribution >= 4 is 23.8 Å². The molecule has 3 N–H and O–H groups in total. The third kappa shape index (κ3) is 11.7. The van der Waals surface area contributed by atoms with Crippen LogP contribution in [0.5, 0.6) is 0 Å². The highest BCUT2D eigenvalue weighted by Crippen LogP contribution is 2.06. The van der Waals surface area contributed by atoms with Crippen LogP contribution in [0.2, 0.25) is 0 Å². The van der Waals surface area contributed by atoms with Gasteiger partial charge in [0.1, 0.15) is 5.60 Å². The van der Waals surface area contributed by atoms with Crippen molar-refractivity contribution in [3.63, 3.8) is 0 Å². The monoisotopic (exact) mass is 333 g/mol. The number of carbonyl (C=O) groups is 2. The molecule has 0 fully saturated rings. The molecule has 0 aromatic carbocycles. The van der Waals surface area contributed by atoms with Crippen molar-refractivity contribution in [3.05, 3.63) is 0 Å². The molecule has 6 nitrogen and oxygen atoms in total. The van der Waals surface area contributed by atoms with Crippen LogP contribution in [0.4, 0.5) is 4.79 Å². The summed E-state index contributed by atoms with van der Waals surface area (Å²) in [6.45, 7) is 10.4. The van der Waals surface area contributed by atoms with Gasteiger partial charge in [0.2, 0.25) is 5.91 Å². The Morgan fingerprint density at radius 1 is 1.18 bits per heavy atom. The number of nitrogens with one attached hydrogen (secondary N) is 3. The Labute approximate surface area is 138 Å². The molecule has 22 heavy (non-hydrogen) atoms. The molecule has 0 bridgehead atoms. The van der Waals surface area contributed by atoms with Crippen LogP contribution < -0.4 is 16.0 Å². The Bertz CT molecular complexity index is 343. The smallest absolute Gasteiger partial charge is 0.408 e. The summed E-state index contributed by atoms with van der Waals surface area (Å²) in [6, 6.07) is -0.318. The highest BCUT2D eigenvalue weighted by atomic mass is 32.2. The van der Waals surface area contributed by atoms with Gasteiger partial charge in [-0.1, -0.05) is 13.8 Å². The van der Waals surface area contributed by atoms with E-state index < -0.39 is 11.7 Å². The van der Waals surface area contributed by atoms with Crippen LogP contribution in [0, 0.1) is 5.92 Å². The summed E-state index contributed by atoms with van der Waals surface area (Å²) < 4.78 is 5.15. The fraction of sp³-hybridized carbons (Fsp3) is 0.867. The van der Waals surface area contributed by atoms with Gasteiger partial charge in [0.15, 0.2) is 0 Å². The molecule has 0 unspecified atom stereocenters. The van der Waals surface area contributed by atoms with Gasteiger partial charge >= 0.3 is 6.09 Å². The molecule has 1 atom stereocenters. The molecule has 0 heterocycles. The highest BCUT2D eigenvalue weighted by molar-refractivity contribution is 7.98. The average Bonchev–Trinajstić information content (AvgIpc) is 2.37. The summed E-state index contributed by atoms with van der Waals surface area (Å²) >= 11 is 1.69. The second kappa shape index (κ2) is 10.7. The van der Waals surface area contributed by atoms with E-state index in [-0.39, 0.29) is 18.6 Å². The van der Waals surface area contributed by atoms with E-state index in [1.807, 2.05) is 6.26 Å². The lowest BCUT2D eigenvalue weighted by molar-refractivity contribution is -0.123. The van der Waals surface area contributed by atoms with E-state index in [1.54, 1.807) is 32.5 Å². The summed E-state index contributed by atoms with van der Waals surface area (Å²) in [5, 5.41) is 8.58. The van der Waals surface area contributed by atoms with Crippen LogP contribution in [0.3, 0.4) is 0 Å². The number of hydrogen-bond donors (Lipinski definition) is 3. The number of rotatable bonds is 9. The molecule has 0 rings (SSSR count). The van der Waals surface area contributed by atoms with Crippen LogP contribution in [0.1, 0.15) is 41.0 Å². The standard InChI is InChI=1S/C15H31N3O3S/c1-11(2)9-16-13(19)12(7-8-22-6)17-10-18-14(20)21-15(3,4)5/h11-12,17H,7-10H2,1-6H3,(H,16,19)(H,18,20)/t12-/m0/s1. The fourth-order valence-electron chi connectivity index (χ4n) is 1.55. The second-order valence-corrected chi connectivity index (χ2v) is 7.52. The first-order valence-electron chi connectivity index (χ1n) is 7.62. The second-order valence-electron chi connectivity index (χ2n) is 6.53. The summed E-state index contributed by atoms with van der Waals surface area (Å²) in [7, 11) is 0. The van der Waals surface area contributed by atoms with E-state index in [0.29, 0.717) is 18.9 Å². The number of hydrogen-bond acceptors (Lipinski definition) is 5. The average molecular weight is 333 g/mol. The van der Waals surface area contributed by atoms with Crippen LogP contribution in [0.25, 0.3) is 0 Å². The molecule has 7 heteroatoms. The quantitative estimate of drug-likeness (QED) is 0.562. The Morgan fingerprint density at radius 2 is 1.82 bits per heavy atom. The van der Waals surface area contributed by atoms with Gasteiger partial charge in [-0.15, -0.1) is 0 Å². The maximum absolute atomic E-state index is 12.1. The molecule has 0 aromatic rings. The van der Waals surface area contributed by atoms with E-state index in [9.17, 15) is 9.59 Å². The summed E-state index contributed by atoms with van der Waals surface area (Å²) in [6.07, 6.45) is 2.22. The van der Waals surface area contributed by atoms with Crippen LogP contribution >= 0.6 is 11.8 Å². The number of thioether (sulfide) groups is 1. The number of ether oxygens (including phenoxy) is 1. The molecule has 2 amide bonds. The summed E-state index contributed by atoms with van der Waals surface area (Å²) in [5.41, 5.74) is -0.531. The van der Waals surface area contributed by atoms with Crippen molar-refractivity contribution < 1.29 is 14.3 Å². The number of amides is 2. The van der Waals surface area contributed by atoms with E-state index >= 15 is 0 Å². The molecule has 0 spiro atoms. The number of carbonyl (C=O) groups excluding carboxylic acids is 2. The topological polar surface area (TPSA) is 79.5 Å². The molecule has 0 saturated heterocycles. The summed E-state index contributed by atoms with van der Waals surface area (Å²) in [4.78, 5) is 23.7. The molecule has 0 aliphatic rings. The lowest BCUT2D eigenvalue weighted by Gasteiger charge is -2.22. The predicted octanol–water partition coefficient (Wildman–Crippen LogP) is 1.95.